The Morgan fingerprint density at radius 1 is 0.151 bits per heavy atom. The maximum absolute atomic E-state index is 2.44. The first-order valence-corrected chi connectivity index (χ1v) is 29.6. The number of fused-ring (bicyclic) bond motifs is 13. The third-order valence-electron chi connectivity index (χ3n) is 18.2. The van der Waals surface area contributed by atoms with Gasteiger partial charge in [0.15, 0.2) is 0 Å². The summed E-state index contributed by atoms with van der Waals surface area (Å²) >= 11 is 0. The Labute approximate surface area is 496 Å². The second-order valence-electron chi connectivity index (χ2n) is 22.8. The van der Waals surface area contributed by atoms with E-state index in [0.29, 0.717) is 0 Å². The van der Waals surface area contributed by atoms with Gasteiger partial charge in [0, 0.05) is 65.8 Å². The van der Waals surface area contributed by atoms with E-state index in [9.17, 15) is 0 Å². The lowest BCUT2D eigenvalue weighted by atomic mass is 9.87. The summed E-state index contributed by atoms with van der Waals surface area (Å²) in [5.74, 6) is 0. The average Bonchev–Trinajstić information content (AvgIpc) is 1.78. The Balaban J connectivity index is 0.832. The highest BCUT2D eigenvalue weighted by atomic mass is 15.0. The molecule has 14 aromatic carbocycles. The van der Waals surface area contributed by atoms with Gasteiger partial charge in [-0.2, -0.15) is 0 Å². The van der Waals surface area contributed by atoms with Gasteiger partial charge in [0.25, 0.3) is 0 Å². The summed E-state index contributed by atoms with van der Waals surface area (Å²) in [5.41, 5.74) is 23.4. The van der Waals surface area contributed by atoms with Crippen molar-refractivity contribution in [3.8, 4) is 67.3 Å². The first kappa shape index (κ1) is 48.1. The van der Waals surface area contributed by atoms with Crippen LogP contribution in [-0.2, 0) is 0 Å². The van der Waals surface area contributed by atoms with E-state index < -0.39 is 0 Å². The fraction of sp³-hybridized carbons (Fsp3) is 0. The molecular weight excluding hydrogens is 1040 g/mol. The molecule has 4 heterocycles. The summed E-state index contributed by atoms with van der Waals surface area (Å²) in [4.78, 5) is 0. The molecule has 0 aliphatic rings. The van der Waals surface area contributed by atoms with Crippen molar-refractivity contribution < 1.29 is 0 Å². The van der Waals surface area contributed by atoms with Crippen LogP contribution in [0.4, 0.5) is 0 Å². The molecule has 4 heteroatoms. The molecule has 0 N–H and O–H groups in total. The van der Waals surface area contributed by atoms with E-state index in [-0.39, 0.29) is 0 Å². The quantitative estimate of drug-likeness (QED) is 0.145. The lowest BCUT2D eigenvalue weighted by Crippen LogP contribution is -1.96. The first-order chi connectivity index (χ1) is 42.7. The van der Waals surface area contributed by atoms with E-state index >= 15 is 0 Å². The number of hydrogen-bond donors (Lipinski definition) is 0. The summed E-state index contributed by atoms with van der Waals surface area (Å²) in [6, 6.07) is 117. The molecule has 400 valence electrons. The van der Waals surface area contributed by atoms with E-state index in [4.69, 9.17) is 0 Å². The molecule has 0 spiro atoms. The molecule has 0 saturated carbocycles. The molecule has 0 bridgehead atoms. The van der Waals surface area contributed by atoms with Crippen LogP contribution in [0, 0.1) is 0 Å². The van der Waals surface area contributed by atoms with E-state index in [1.807, 2.05) is 0 Å². The minimum absolute atomic E-state index is 1.13. The maximum Gasteiger partial charge on any atom is 0.0541 e. The second-order valence-corrected chi connectivity index (χ2v) is 22.8. The van der Waals surface area contributed by atoms with E-state index in [2.05, 4.69) is 334 Å². The Morgan fingerprint density at radius 3 is 0.465 bits per heavy atom. The van der Waals surface area contributed by atoms with E-state index in [1.54, 1.807) is 0 Å². The van der Waals surface area contributed by atoms with Crippen molar-refractivity contribution in [2.75, 3.05) is 0 Å². The number of rotatable bonds is 8. The molecule has 0 unspecified atom stereocenters. The third-order valence-corrected chi connectivity index (χ3v) is 18.2. The zero-order chi connectivity index (χ0) is 56.4. The highest BCUT2D eigenvalue weighted by Crippen LogP contribution is 2.44. The number of nitrogens with zero attached hydrogens (tertiary/aromatic N) is 4. The molecule has 18 rings (SSSR count). The van der Waals surface area contributed by atoms with Gasteiger partial charge in [-0.3, -0.25) is 0 Å². The minimum Gasteiger partial charge on any atom is -0.309 e. The van der Waals surface area contributed by atoms with Crippen LogP contribution < -0.4 is 0 Å². The predicted molar refractivity (Wildman–Crippen MR) is 363 cm³/mol. The summed E-state index contributed by atoms with van der Waals surface area (Å²) in [6.07, 6.45) is 0. The highest BCUT2D eigenvalue weighted by molar-refractivity contribution is 6.13. The van der Waals surface area contributed by atoms with Gasteiger partial charge in [0.2, 0.25) is 0 Å². The Hall–Kier alpha value is -11.5. The Bertz CT molecular complexity index is 4810. The fourth-order valence-corrected chi connectivity index (χ4v) is 14.3. The van der Waals surface area contributed by atoms with Gasteiger partial charge in [-0.1, -0.05) is 194 Å². The monoisotopic (exact) mass is 1090 g/mol. The lowest BCUT2D eigenvalue weighted by molar-refractivity contribution is 1.18. The maximum atomic E-state index is 2.44. The van der Waals surface area contributed by atoms with Gasteiger partial charge in [0.05, 0.1) is 44.1 Å². The predicted octanol–water partition coefficient (Wildman–Crippen LogP) is 21.9. The molecule has 0 aliphatic heterocycles. The van der Waals surface area contributed by atoms with Crippen LogP contribution in [0.3, 0.4) is 0 Å². The van der Waals surface area contributed by atoms with Gasteiger partial charge in [-0.25, -0.2) is 0 Å². The van der Waals surface area contributed by atoms with Crippen LogP contribution in [-0.4, -0.2) is 18.3 Å². The Morgan fingerprint density at radius 2 is 0.302 bits per heavy atom. The van der Waals surface area contributed by atoms with Crippen LogP contribution >= 0.6 is 0 Å². The van der Waals surface area contributed by atoms with Crippen molar-refractivity contribution in [2.45, 2.75) is 0 Å². The van der Waals surface area contributed by atoms with E-state index in [0.717, 1.165) is 45.0 Å². The standard InChI is InChI=1S/C82H52N4/c1-9-25-75-63(17-1)64-18-2-10-26-76(64)83(75)59-41-33-53(34-42-59)71-49-57-51-73(55-37-45-61(46-38-55)85-79-29-13-5-21-67(79)68-22-6-14-30-80(68)85)74(56-39-47-62(48-40-56)86-81-31-15-7-23-69(81)70-24-8-16-32-82(70)86)52-58(57)50-72(71)54-35-43-60(44-36-54)84-77-27-11-3-19-65(77)66-20-4-12-28-78(66)84/h1-52H. The first-order valence-electron chi connectivity index (χ1n) is 29.6. The molecule has 86 heavy (non-hydrogen) atoms. The minimum atomic E-state index is 1.13. The topological polar surface area (TPSA) is 19.7 Å². The van der Waals surface area contributed by atoms with Crippen molar-refractivity contribution >= 4 is 98.0 Å². The fourth-order valence-electron chi connectivity index (χ4n) is 14.3. The summed E-state index contributed by atoms with van der Waals surface area (Å²) in [6.45, 7) is 0. The summed E-state index contributed by atoms with van der Waals surface area (Å²) in [5, 5.41) is 12.4. The van der Waals surface area contributed by atoms with Gasteiger partial charge >= 0.3 is 0 Å². The van der Waals surface area contributed by atoms with Gasteiger partial charge in [-0.15, -0.1) is 0 Å². The van der Waals surface area contributed by atoms with Crippen molar-refractivity contribution in [1.82, 2.24) is 18.3 Å². The molecule has 4 aromatic heterocycles. The van der Waals surface area contributed by atoms with Crippen molar-refractivity contribution in [2.24, 2.45) is 0 Å². The van der Waals surface area contributed by atoms with Crippen LogP contribution in [0.1, 0.15) is 0 Å². The molecular formula is C82H52N4. The Kier molecular flexibility index (Phi) is 10.7. The van der Waals surface area contributed by atoms with Crippen LogP contribution in [0.25, 0.3) is 165 Å². The normalized spacial score (nSPS) is 12.0. The number of hydrogen-bond acceptors (Lipinski definition) is 0. The largest absolute Gasteiger partial charge is 0.309 e. The molecule has 0 amide bonds. The zero-order valence-corrected chi connectivity index (χ0v) is 46.8. The van der Waals surface area contributed by atoms with Gasteiger partial charge in [-0.05, 0) is 177 Å². The molecule has 0 fully saturated rings. The van der Waals surface area contributed by atoms with Crippen LogP contribution in [0.15, 0.2) is 315 Å². The number of benzene rings is 14. The lowest BCUT2D eigenvalue weighted by Gasteiger charge is -2.18. The molecule has 0 saturated heterocycles. The van der Waals surface area contributed by atoms with Crippen molar-refractivity contribution in [1.29, 1.82) is 0 Å². The SMILES string of the molecule is c1ccc2c(c1)c1ccccc1n2-c1ccc(-c2cc3cc(-c4ccc(-n5c6ccccc6c6ccccc65)cc4)c(-c4ccc(-n5c6ccccc6c6ccccc65)cc4)cc3cc2-c2ccc(-n3c4ccccc4c4ccccc43)cc2)cc1. The van der Waals surface area contributed by atoms with Crippen molar-refractivity contribution in [3.63, 3.8) is 0 Å². The van der Waals surface area contributed by atoms with Gasteiger partial charge in [0.1, 0.15) is 0 Å². The highest BCUT2D eigenvalue weighted by Gasteiger charge is 2.20. The number of para-hydroxylation sites is 8. The molecule has 0 radical (unpaired) electrons. The van der Waals surface area contributed by atoms with E-state index in [1.165, 1.54) is 120 Å². The molecule has 0 aliphatic carbocycles. The summed E-state index contributed by atoms with van der Waals surface area (Å²) < 4.78 is 9.61. The van der Waals surface area contributed by atoms with Crippen LogP contribution in [0.5, 0.6) is 0 Å². The number of aromatic nitrogens is 4. The molecule has 18 aromatic rings. The van der Waals surface area contributed by atoms with Crippen LogP contribution in [0.2, 0.25) is 0 Å². The van der Waals surface area contributed by atoms with Crippen molar-refractivity contribution in [3.05, 3.63) is 315 Å². The van der Waals surface area contributed by atoms with Gasteiger partial charge < -0.3 is 18.3 Å². The molecule has 4 nitrogen and oxygen atoms in total. The smallest absolute Gasteiger partial charge is 0.0541 e. The third kappa shape index (κ3) is 7.36. The molecule has 0 atom stereocenters. The second kappa shape index (κ2) is 19.0. The zero-order valence-electron chi connectivity index (χ0n) is 46.8. The summed E-state index contributed by atoms with van der Waals surface area (Å²) in [7, 11) is 0. The average molecular weight is 1090 g/mol.